The van der Waals surface area contributed by atoms with Crippen molar-refractivity contribution in [3.63, 3.8) is 0 Å². The first-order chi connectivity index (χ1) is 6.97. The van der Waals surface area contributed by atoms with Gasteiger partial charge in [-0.15, -0.1) is 0 Å². The van der Waals surface area contributed by atoms with Crippen LogP contribution in [-0.2, 0) is 4.79 Å². The van der Waals surface area contributed by atoms with E-state index in [1.807, 2.05) is 16.8 Å². The van der Waals surface area contributed by atoms with Crippen molar-refractivity contribution in [2.24, 2.45) is 0 Å². The van der Waals surface area contributed by atoms with Crippen LogP contribution >= 0.6 is 0 Å². The van der Waals surface area contributed by atoms with Crippen molar-refractivity contribution in [2.45, 2.75) is 44.3 Å². The number of likely N-dealkylation sites (N-methyl/N-ethyl adjacent to an activating group) is 1. The molecule has 2 fully saturated rings. The topological polar surface area (TPSA) is 43.8 Å². The Bertz CT molecular complexity index is 274. The van der Waals surface area contributed by atoms with Gasteiger partial charge in [0.15, 0.2) is 0 Å². The molecule has 0 spiro atoms. The molecule has 2 rings (SSSR count). The number of carbonyl (C=O) groups excluding carboxylic acids is 1. The van der Waals surface area contributed by atoms with Crippen molar-refractivity contribution < 1.29 is 9.90 Å². The molecule has 1 saturated carbocycles. The number of aliphatic hydroxyl groups excluding tert-OH is 1. The summed E-state index contributed by atoms with van der Waals surface area (Å²) in [6.45, 7) is 4.97. The smallest absolute Gasteiger partial charge is 0.243 e. The summed E-state index contributed by atoms with van der Waals surface area (Å²) >= 11 is 0. The van der Waals surface area contributed by atoms with Crippen LogP contribution in [0.1, 0.15) is 26.7 Å². The lowest BCUT2D eigenvalue weighted by molar-refractivity contribution is -0.153. The van der Waals surface area contributed by atoms with E-state index in [-0.39, 0.29) is 24.1 Å². The van der Waals surface area contributed by atoms with Gasteiger partial charge in [-0.2, -0.15) is 0 Å². The maximum absolute atomic E-state index is 12.2. The summed E-state index contributed by atoms with van der Waals surface area (Å²) in [7, 11) is 1.91. The molecule has 0 radical (unpaired) electrons. The highest BCUT2D eigenvalue weighted by molar-refractivity contribution is 5.84. The minimum Gasteiger partial charge on any atom is -0.394 e. The van der Waals surface area contributed by atoms with Crippen LogP contribution in [0.15, 0.2) is 0 Å². The number of hydrogen-bond acceptors (Lipinski definition) is 3. The van der Waals surface area contributed by atoms with Crippen molar-refractivity contribution in [1.29, 1.82) is 0 Å². The van der Waals surface area contributed by atoms with Crippen LogP contribution in [0.25, 0.3) is 0 Å². The molecule has 0 aromatic heterocycles. The number of piperazine rings is 1. The second kappa shape index (κ2) is 3.46. The average Bonchev–Trinajstić information content (AvgIpc) is 2.86. The van der Waals surface area contributed by atoms with Crippen LogP contribution in [0.4, 0.5) is 0 Å². The van der Waals surface area contributed by atoms with Crippen LogP contribution < -0.4 is 0 Å². The third-order valence-electron chi connectivity index (χ3n) is 3.43. The molecule has 1 heterocycles. The molecule has 1 amide bonds. The van der Waals surface area contributed by atoms with E-state index < -0.39 is 0 Å². The fourth-order valence-electron chi connectivity index (χ4n) is 2.67. The second-order valence-electron chi connectivity index (χ2n) is 5.37. The standard InChI is InChI=1S/C11H20N2O2/c1-11(2)7-12(3)9(6-14)10(15)13(11)8-4-5-8/h8-9,14H,4-7H2,1-3H3. The average molecular weight is 212 g/mol. The minimum absolute atomic E-state index is 0.0748. The van der Waals surface area contributed by atoms with Gasteiger partial charge in [0.1, 0.15) is 6.04 Å². The molecule has 4 heteroatoms. The summed E-state index contributed by atoms with van der Waals surface area (Å²) in [6, 6.07) is 0.0916. The lowest BCUT2D eigenvalue weighted by Gasteiger charge is -2.49. The molecule has 15 heavy (non-hydrogen) atoms. The number of carbonyl (C=O) groups is 1. The molecule has 0 bridgehead atoms. The van der Waals surface area contributed by atoms with Crippen molar-refractivity contribution >= 4 is 5.91 Å². The number of amides is 1. The maximum Gasteiger partial charge on any atom is 0.243 e. The summed E-state index contributed by atoms with van der Waals surface area (Å²) in [5, 5.41) is 9.23. The molecule has 2 aliphatic rings. The molecule has 1 N–H and O–H groups in total. The Morgan fingerprint density at radius 1 is 1.47 bits per heavy atom. The molecule has 1 aliphatic heterocycles. The predicted octanol–water partition coefficient (Wildman–Crippen LogP) is 0.0623. The number of aliphatic hydroxyl groups is 1. The van der Waals surface area contributed by atoms with Crippen LogP contribution in [0.2, 0.25) is 0 Å². The fourth-order valence-corrected chi connectivity index (χ4v) is 2.67. The molecule has 1 aliphatic carbocycles. The van der Waals surface area contributed by atoms with Gasteiger partial charge in [-0.3, -0.25) is 9.69 Å². The summed E-state index contributed by atoms with van der Waals surface area (Å²) in [4.78, 5) is 16.1. The molecule has 0 aromatic rings. The zero-order chi connectivity index (χ0) is 11.2. The monoisotopic (exact) mass is 212 g/mol. The lowest BCUT2D eigenvalue weighted by atomic mass is 9.95. The molecule has 0 aromatic carbocycles. The fraction of sp³-hybridized carbons (Fsp3) is 0.909. The molecule has 1 unspecified atom stereocenters. The zero-order valence-corrected chi connectivity index (χ0v) is 9.73. The van der Waals surface area contributed by atoms with E-state index >= 15 is 0 Å². The Balaban J connectivity index is 2.22. The Hall–Kier alpha value is -0.610. The minimum atomic E-state index is -0.335. The summed E-state index contributed by atoms with van der Waals surface area (Å²) in [5.74, 6) is 0.0961. The molecular formula is C11H20N2O2. The first-order valence-corrected chi connectivity index (χ1v) is 5.61. The molecule has 1 saturated heterocycles. The third-order valence-corrected chi connectivity index (χ3v) is 3.43. The highest BCUT2D eigenvalue weighted by Crippen LogP contribution is 2.36. The summed E-state index contributed by atoms with van der Waals surface area (Å²) < 4.78 is 0. The van der Waals surface area contributed by atoms with E-state index in [9.17, 15) is 9.90 Å². The Labute approximate surface area is 90.9 Å². The van der Waals surface area contributed by atoms with Gasteiger partial charge in [0.2, 0.25) is 5.91 Å². The highest BCUT2D eigenvalue weighted by Gasteiger charge is 2.48. The largest absolute Gasteiger partial charge is 0.394 e. The zero-order valence-electron chi connectivity index (χ0n) is 9.73. The van der Waals surface area contributed by atoms with Gasteiger partial charge in [-0.25, -0.2) is 0 Å². The number of hydrogen-bond donors (Lipinski definition) is 1. The first-order valence-electron chi connectivity index (χ1n) is 5.61. The van der Waals surface area contributed by atoms with E-state index in [0.29, 0.717) is 6.04 Å². The van der Waals surface area contributed by atoms with Gasteiger partial charge in [0.05, 0.1) is 12.1 Å². The van der Waals surface area contributed by atoms with Crippen molar-refractivity contribution in [3.05, 3.63) is 0 Å². The van der Waals surface area contributed by atoms with Crippen molar-refractivity contribution in [2.75, 3.05) is 20.2 Å². The van der Waals surface area contributed by atoms with Crippen LogP contribution in [0.3, 0.4) is 0 Å². The van der Waals surface area contributed by atoms with E-state index in [2.05, 4.69) is 13.8 Å². The van der Waals surface area contributed by atoms with E-state index in [1.54, 1.807) is 0 Å². The van der Waals surface area contributed by atoms with Crippen LogP contribution in [0.5, 0.6) is 0 Å². The Kier molecular flexibility index (Phi) is 2.51. The van der Waals surface area contributed by atoms with E-state index in [0.717, 1.165) is 19.4 Å². The van der Waals surface area contributed by atoms with E-state index in [4.69, 9.17) is 0 Å². The van der Waals surface area contributed by atoms with Gasteiger partial charge < -0.3 is 10.0 Å². The SMILES string of the molecule is CN1CC(C)(C)N(C2CC2)C(=O)C1CO. The molecule has 1 atom stereocenters. The highest BCUT2D eigenvalue weighted by atomic mass is 16.3. The van der Waals surface area contributed by atoms with Crippen LogP contribution in [0, 0.1) is 0 Å². The third kappa shape index (κ3) is 1.76. The van der Waals surface area contributed by atoms with Gasteiger partial charge in [-0.05, 0) is 33.7 Å². The van der Waals surface area contributed by atoms with Crippen LogP contribution in [-0.4, -0.2) is 58.6 Å². The summed E-state index contributed by atoms with van der Waals surface area (Å²) in [5.41, 5.74) is -0.0985. The van der Waals surface area contributed by atoms with Gasteiger partial charge in [0.25, 0.3) is 0 Å². The van der Waals surface area contributed by atoms with Gasteiger partial charge in [0, 0.05) is 12.6 Å². The normalized spacial score (nSPS) is 32.1. The molecule has 4 nitrogen and oxygen atoms in total. The van der Waals surface area contributed by atoms with E-state index in [1.165, 1.54) is 0 Å². The van der Waals surface area contributed by atoms with Crippen molar-refractivity contribution in [3.8, 4) is 0 Å². The second-order valence-corrected chi connectivity index (χ2v) is 5.37. The molecular weight excluding hydrogens is 192 g/mol. The first kappa shape index (κ1) is 10.9. The Morgan fingerprint density at radius 2 is 2.07 bits per heavy atom. The maximum atomic E-state index is 12.2. The summed E-state index contributed by atoms with van der Waals surface area (Å²) in [6.07, 6.45) is 2.24. The number of rotatable bonds is 2. The Morgan fingerprint density at radius 3 is 2.53 bits per heavy atom. The predicted molar refractivity (Wildman–Crippen MR) is 57.5 cm³/mol. The van der Waals surface area contributed by atoms with Gasteiger partial charge >= 0.3 is 0 Å². The molecule has 86 valence electrons. The lowest BCUT2D eigenvalue weighted by Crippen LogP contribution is -2.66. The van der Waals surface area contributed by atoms with Crippen molar-refractivity contribution in [1.82, 2.24) is 9.80 Å². The van der Waals surface area contributed by atoms with Gasteiger partial charge in [-0.1, -0.05) is 0 Å². The quantitative estimate of drug-likeness (QED) is 0.704. The number of nitrogens with zero attached hydrogens (tertiary/aromatic N) is 2.